The van der Waals surface area contributed by atoms with Gasteiger partial charge in [0.05, 0.1) is 16.2 Å². The van der Waals surface area contributed by atoms with Gasteiger partial charge < -0.3 is 4.90 Å². The second kappa shape index (κ2) is 7.50. The lowest BCUT2D eigenvalue weighted by Gasteiger charge is -2.26. The number of benzene rings is 1. The first kappa shape index (κ1) is 20.0. The van der Waals surface area contributed by atoms with Gasteiger partial charge in [-0.2, -0.15) is 4.31 Å². The Morgan fingerprint density at radius 3 is 2.55 bits per heavy atom. The molecule has 4 rings (SSSR count). The maximum absolute atomic E-state index is 13.2. The van der Waals surface area contributed by atoms with Crippen LogP contribution in [0.15, 0.2) is 29.3 Å². The van der Waals surface area contributed by atoms with Crippen molar-refractivity contribution in [2.75, 3.05) is 18.0 Å². The number of carbonyl (C=O) groups is 1. The molecule has 0 radical (unpaired) electrons. The van der Waals surface area contributed by atoms with Gasteiger partial charge in [-0.3, -0.25) is 4.79 Å². The molecule has 1 aromatic heterocycles. The molecule has 3 heterocycles. The highest BCUT2D eigenvalue weighted by Gasteiger charge is 2.34. The van der Waals surface area contributed by atoms with E-state index < -0.39 is 10.0 Å². The molecule has 1 amide bonds. The van der Waals surface area contributed by atoms with E-state index in [-0.39, 0.29) is 11.9 Å². The first-order valence-corrected chi connectivity index (χ1v) is 11.5. The average molecular weight is 415 g/mol. The fraction of sp³-hybridized carbons (Fsp3) is 0.476. The number of hydrogen-bond acceptors (Lipinski definition) is 5. The monoisotopic (exact) mass is 414 g/mol. The molecule has 8 heteroatoms. The van der Waals surface area contributed by atoms with E-state index >= 15 is 0 Å². The lowest BCUT2D eigenvalue weighted by atomic mass is 10.1. The largest absolute Gasteiger partial charge is 0.305 e. The van der Waals surface area contributed by atoms with Gasteiger partial charge in [-0.25, -0.2) is 18.4 Å². The van der Waals surface area contributed by atoms with E-state index in [0.717, 1.165) is 30.5 Å². The topological polar surface area (TPSA) is 83.5 Å². The van der Waals surface area contributed by atoms with Crippen LogP contribution in [0.4, 0.5) is 5.69 Å². The van der Waals surface area contributed by atoms with E-state index in [1.54, 1.807) is 47.4 Å². The van der Waals surface area contributed by atoms with Crippen LogP contribution in [0.25, 0.3) is 0 Å². The zero-order valence-corrected chi connectivity index (χ0v) is 17.9. The quantitative estimate of drug-likeness (QED) is 0.771. The summed E-state index contributed by atoms with van der Waals surface area (Å²) < 4.78 is 27.6. The number of sulfonamides is 1. The van der Waals surface area contributed by atoms with Crippen LogP contribution in [-0.2, 0) is 16.4 Å². The highest BCUT2D eigenvalue weighted by Crippen LogP contribution is 2.36. The molecule has 29 heavy (non-hydrogen) atoms. The second-order valence-corrected chi connectivity index (χ2v) is 9.84. The molecule has 0 saturated carbocycles. The number of fused-ring (bicyclic) bond motifs is 1. The van der Waals surface area contributed by atoms with Crippen LogP contribution in [0.5, 0.6) is 0 Å². The minimum absolute atomic E-state index is 0.0638. The first-order chi connectivity index (χ1) is 13.8. The smallest absolute Gasteiger partial charge is 0.261 e. The van der Waals surface area contributed by atoms with Gasteiger partial charge in [-0.05, 0) is 63.8 Å². The lowest BCUT2D eigenvalue weighted by molar-refractivity contribution is 0.0980. The predicted molar refractivity (Wildman–Crippen MR) is 111 cm³/mol. The van der Waals surface area contributed by atoms with Crippen LogP contribution in [0.1, 0.15) is 53.6 Å². The number of aromatic nitrogens is 2. The number of rotatable bonds is 3. The minimum Gasteiger partial charge on any atom is -0.305 e. The lowest BCUT2D eigenvalue weighted by Crippen LogP contribution is -2.36. The molecule has 2 aliphatic heterocycles. The van der Waals surface area contributed by atoms with Gasteiger partial charge >= 0.3 is 0 Å². The molecule has 0 N–H and O–H groups in total. The fourth-order valence-electron chi connectivity index (χ4n) is 4.25. The van der Waals surface area contributed by atoms with Crippen LogP contribution in [-0.4, -0.2) is 47.7 Å². The van der Waals surface area contributed by atoms with Crippen LogP contribution in [0.3, 0.4) is 0 Å². The summed E-state index contributed by atoms with van der Waals surface area (Å²) in [5.74, 6) is 0.474. The van der Waals surface area contributed by atoms with Crippen LogP contribution in [0, 0.1) is 13.8 Å². The van der Waals surface area contributed by atoms with Gasteiger partial charge in [0.1, 0.15) is 5.82 Å². The molecular weight excluding hydrogens is 388 g/mol. The Labute approximate surface area is 171 Å². The van der Waals surface area contributed by atoms with E-state index in [1.165, 1.54) is 0 Å². The minimum atomic E-state index is -3.49. The van der Waals surface area contributed by atoms with Gasteiger partial charge in [0.15, 0.2) is 0 Å². The van der Waals surface area contributed by atoms with E-state index in [1.807, 2.05) is 6.92 Å². The third-order valence-corrected chi connectivity index (χ3v) is 7.66. The van der Waals surface area contributed by atoms with Crippen molar-refractivity contribution in [3.05, 3.63) is 47.0 Å². The summed E-state index contributed by atoms with van der Waals surface area (Å²) in [5.41, 5.74) is 2.77. The summed E-state index contributed by atoms with van der Waals surface area (Å²) in [6, 6.07) is 5.06. The van der Waals surface area contributed by atoms with Gasteiger partial charge in [-0.1, -0.05) is 6.42 Å². The van der Waals surface area contributed by atoms with Crippen molar-refractivity contribution in [2.24, 2.45) is 0 Å². The number of nitrogens with zero attached hydrogens (tertiary/aromatic N) is 4. The molecule has 2 aromatic rings. The summed E-state index contributed by atoms with van der Waals surface area (Å²) in [7, 11) is -3.49. The molecule has 2 aliphatic rings. The SMILES string of the molecule is Cc1ncc(C(=O)N2c3ccc(S(=O)(=O)N4CCCCC4)cc3C[C@@H]2C)c(C)n1. The Morgan fingerprint density at radius 1 is 1.14 bits per heavy atom. The third-order valence-electron chi connectivity index (χ3n) is 5.77. The van der Waals surface area contributed by atoms with Gasteiger partial charge in [0.25, 0.3) is 5.91 Å². The number of anilines is 1. The van der Waals surface area contributed by atoms with Crippen molar-refractivity contribution in [3.8, 4) is 0 Å². The molecular formula is C21H26N4O3S. The zero-order valence-electron chi connectivity index (χ0n) is 17.1. The molecule has 7 nitrogen and oxygen atoms in total. The summed E-state index contributed by atoms with van der Waals surface area (Å²) in [4.78, 5) is 23.7. The Hall–Kier alpha value is -2.32. The van der Waals surface area contributed by atoms with Crippen molar-refractivity contribution in [1.82, 2.24) is 14.3 Å². The van der Waals surface area contributed by atoms with Gasteiger partial charge in [0, 0.05) is 31.0 Å². The normalized spacial score (nSPS) is 20.0. The summed E-state index contributed by atoms with van der Waals surface area (Å²) >= 11 is 0. The predicted octanol–water partition coefficient (Wildman–Crippen LogP) is 2.86. The number of carbonyl (C=O) groups excluding carboxylic acids is 1. The van der Waals surface area contributed by atoms with Crippen molar-refractivity contribution < 1.29 is 13.2 Å². The highest BCUT2D eigenvalue weighted by atomic mass is 32.2. The van der Waals surface area contributed by atoms with Gasteiger partial charge in [0.2, 0.25) is 10.0 Å². The maximum atomic E-state index is 13.2. The zero-order chi connectivity index (χ0) is 20.8. The number of hydrogen-bond donors (Lipinski definition) is 0. The van der Waals surface area contributed by atoms with E-state index in [0.29, 0.717) is 41.5 Å². The molecule has 1 aromatic carbocycles. The van der Waals surface area contributed by atoms with E-state index in [2.05, 4.69) is 9.97 Å². The molecule has 1 saturated heterocycles. The molecule has 0 unspecified atom stereocenters. The van der Waals surface area contributed by atoms with Crippen LogP contribution < -0.4 is 4.90 Å². The molecule has 0 bridgehead atoms. The Balaban J connectivity index is 1.67. The Bertz CT molecular complexity index is 1060. The van der Waals surface area contributed by atoms with Crippen molar-refractivity contribution in [1.29, 1.82) is 0 Å². The molecule has 154 valence electrons. The van der Waals surface area contributed by atoms with Crippen LogP contribution in [0.2, 0.25) is 0 Å². The maximum Gasteiger partial charge on any atom is 0.261 e. The van der Waals surface area contributed by atoms with E-state index in [9.17, 15) is 13.2 Å². The molecule has 0 spiro atoms. The second-order valence-electron chi connectivity index (χ2n) is 7.90. The standard InChI is InChI=1S/C21H26N4O3S/c1-14-11-17-12-18(29(27,28)24-9-5-4-6-10-24)7-8-20(17)25(14)21(26)19-13-22-16(3)23-15(19)2/h7-8,12-14H,4-6,9-11H2,1-3H3/t14-/m0/s1. The summed E-state index contributed by atoms with van der Waals surface area (Å²) in [5, 5.41) is 0. The van der Waals surface area contributed by atoms with Crippen molar-refractivity contribution in [2.45, 2.75) is 57.4 Å². The average Bonchev–Trinajstić information content (AvgIpc) is 3.03. The molecule has 1 fully saturated rings. The Kier molecular flexibility index (Phi) is 5.16. The number of amides is 1. The van der Waals surface area contributed by atoms with E-state index in [4.69, 9.17) is 0 Å². The third kappa shape index (κ3) is 3.55. The number of aryl methyl sites for hydroxylation is 2. The fourth-order valence-corrected chi connectivity index (χ4v) is 5.82. The number of piperidine rings is 1. The summed E-state index contributed by atoms with van der Waals surface area (Å²) in [6.07, 6.45) is 5.08. The highest BCUT2D eigenvalue weighted by molar-refractivity contribution is 7.89. The van der Waals surface area contributed by atoms with Gasteiger partial charge in [-0.15, -0.1) is 0 Å². The Morgan fingerprint density at radius 2 is 1.86 bits per heavy atom. The van der Waals surface area contributed by atoms with Crippen molar-refractivity contribution in [3.63, 3.8) is 0 Å². The summed E-state index contributed by atoms with van der Waals surface area (Å²) in [6.45, 7) is 6.72. The molecule has 1 atom stereocenters. The first-order valence-electron chi connectivity index (χ1n) is 10.1. The van der Waals surface area contributed by atoms with Crippen LogP contribution >= 0.6 is 0 Å². The van der Waals surface area contributed by atoms with Crippen molar-refractivity contribution >= 4 is 21.6 Å². The molecule has 0 aliphatic carbocycles.